The van der Waals surface area contributed by atoms with Crippen molar-refractivity contribution in [3.63, 3.8) is 0 Å². The molecule has 1 saturated carbocycles. The van der Waals surface area contributed by atoms with Gasteiger partial charge >= 0.3 is 0 Å². The Morgan fingerprint density at radius 1 is 1.04 bits per heavy atom. The van der Waals surface area contributed by atoms with E-state index < -0.39 is 11.6 Å². The van der Waals surface area contributed by atoms with Crippen molar-refractivity contribution in [2.45, 2.75) is 71.1 Å². The van der Waals surface area contributed by atoms with Crippen LogP contribution >= 0.6 is 0 Å². The lowest BCUT2D eigenvalue weighted by Crippen LogP contribution is -2.13. The van der Waals surface area contributed by atoms with Crippen molar-refractivity contribution in [1.29, 1.82) is 0 Å². The van der Waals surface area contributed by atoms with Gasteiger partial charge in [0.15, 0.2) is 11.6 Å². The molecule has 2 rings (SSSR count). The van der Waals surface area contributed by atoms with Gasteiger partial charge in [0.25, 0.3) is 0 Å². The first-order chi connectivity index (χ1) is 11.2. The molecule has 0 aromatic heterocycles. The largest absolute Gasteiger partial charge is 0.204 e. The molecule has 1 aromatic carbocycles. The minimum atomic E-state index is -0.764. The first-order valence-electron chi connectivity index (χ1n) is 9.29. The monoisotopic (exact) mass is 320 g/mol. The smallest absolute Gasteiger partial charge is 0.159 e. The quantitative estimate of drug-likeness (QED) is 0.363. The Balaban J connectivity index is 1.64. The molecule has 0 amide bonds. The molecular formula is C21H30F2. The normalized spacial score (nSPS) is 21.9. The molecule has 1 aliphatic carbocycles. The molecule has 0 atom stereocenters. The molecule has 1 aromatic rings. The number of unbranched alkanes of at least 4 members (excludes halogenated alkanes) is 2. The van der Waals surface area contributed by atoms with E-state index in [-0.39, 0.29) is 0 Å². The molecule has 0 spiro atoms. The Labute approximate surface area is 140 Å². The van der Waals surface area contributed by atoms with Crippen LogP contribution in [-0.2, 0) is 6.42 Å². The SMILES string of the molecule is CCCCC[C@H]1CC[C@H](/C=C/CCc2ccc(F)c(F)c2)CC1. The Bertz CT molecular complexity index is 485. The highest BCUT2D eigenvalue weighted by molar-refractivity contribution is 5.18. The molecule has 1 fully saturated rings. The number of aryl methyl sites for hydroxylation is 1. The third kappa shape index (κ3) is 6.45. The fraction of sp³-hybridized carbons (Fsp3) is 0.619. The minimum Gasteiger partial charge on any atom is -0.204 e. The van der Waals surface area contributed by atoms with Crippen molar-refractivity contribution in [1.82, 2.24) is 0 Å². The van der Waals surface area contributed by atoms with Crippen molar-refractivity contribution in [3.8, 4) is 0 Å². The summed E-state index contributed by atoms with van der Waals surface area (Å²) in [7, 11) is 0. The van der Waals surface area contributed by atoms with Crippen LogP contribution in [0.25, 0.3) is 0 Å². The van der Waals surface area contributed by atoms with Crippen LogP contribution in [0.5, 0.6) is 0 Å². The van der Waals surface area contributed by atoms with Gasteiger partial charge in [-0.3, -0.25) is 0 Å². The van der Waals surface area contributed by atoms with E-state index in [9.17, 15) is 8.78 Å². The number of rotatable bonds is 8. The predicted molar refractivity (Wildman–Crippen MR) is 93.4 cm³/mol. The van der Waals surface area contributed by atoms with Crippen LogP contribution in [0.2, 0.25) is 0 Å². The van der Waals surface area contributed by atoms with Crippen LogP contribution in [0.3, 0.4) is 0 Å². The second-order valence-electron chi connectivity index (χ2n) is 6.99. The van der Waals surface area contributed by atoms with Crippen molar-refractivity contribution in [2.75, 3.05) is 0 Å². The second-order valence-corrected chi connectivity index (χ2v) is 6.99. The summed E-state index contributed by atoms with van der Waals surface area (Å²) in [6.45, 7) is 2.27. The molecular weight excluding hydrogens is 290 g/mol. The first-order valence-corrected chi connectivity index (χ1v) is 9.29. The molecule has 0 unspecified atom stereocenters. The van der Waals surface area contributed by atoms with E-state index >= 15 is 0 Å². The van der Waals surface area contributed by atoms with E-state index in [4.69, 9.17) is 0 Å². The molecule has 0 nitrogen and oxygen atoms in total. The molecule has 23 heavy (non-hydrogen) atoms. The molecule has 0 bridgehead atoms. The standard InChI is InChI=1S/C21H30F2/c1-2-3-4-7-17-10-12-18(13-11-17)8-5-6-9-19-14-15-20(22)21(23)16-19/h5,8,14-18H,2-4,6-7,9-13H2,1H3/b8-5+/t17-,18-. The Morgan fingerprint density at radius 3 is 2.52 bits per heavy atom. The van der Waals surface area contributed by atoms with Crippen LogP contribution in [0, 0.1) is 23.5 Å². The van der Waals surface area contributed by atoms with E-state index in [2.05, 4.69) is 19.1 Å². The molecule has 2 heteroatoms. The van der Waals surface area contributed by atoms with Crippen molar-refractivity contribution in [2.24, 2.45) is 11.8 Å². The summed E-state index contributed by atoms with van der Waals surface area (Å²) in [5.74, 6) is 0.170. The predicted octanol–water partition coefficient (Wildman–Crippen LogP) is 6.84. The Hall–Kier alpha value is -1.18. The first kappa shape index (κ1) is 18.2. The van der Waals surface area contributed by atoms with Gasteiger partial charge in [-0.25, -0.2) is 8.78 Å². The molecule has 0 heterocycles. The third-order valence-electron chi connectivity index (χ3n) is 5.10. The summed E-state index contributed by atoms with van der Waals surface area (Å²) in [6.07, 6.45) is 17.2. The fourth-order valence-corrected chi connectivity index (χ4v) is 3.59. The van der Waals surface area contributed by atoms with Crippen LogP contribution < -0.4 is 0 Å². The average molecular weight is 320 g/mol. The van der Waals surface area contributed by atoms with Crippen molar-refractivity contribution in [3.05, 3.63) is 47.5 Å². The van der Waals surface area contributed by atoms with Gasteiger partial charge in [0.1, 0.15) is 0 Å². The van der Waals surface area contributed by atoms with Gasteiger partial charge in [-0.15, -0.1) is 0 Å². The highest BCUT2D eigenvalue weighted by Gasteiger charge is 2.18. The van der Waals surface area contributed by atoms with E-state index in [1.807, 2.05) is 0 Å². The summed E-state index contributed by atoms with van der Waals surface area (Å²) in [5.41, 5.74) is 0.869. The number of halogens is 2. The van der Waals surface area contributed by atoms with Gasteiger partial charge in [0.05, 0.1) is 0 Å². The minimum absolute atomic E-state index is 0.724. The molecule has 0 saturated heterocycles. The van der Waals surface area contributed by atoms with Gasteiger partial charge in [-0.2, -0.15) is 0 Å². The number of allylic oxidation sites excluding steroid dienone is 2. The maximum absolute atomic E-state index is 13.1. The third-order valence-corrected chi connectivity index (χ3v) is 5.10. The van der Waals surface area contributed by atoms with E-state index in [0.29, 0.717) is 0 Å². The number of hydrogen-bond donors (Lipinski definition) is 0. The van der Waals surface area contributed by atoms with Gasteiger partial charge in [0, 0.05) is 0 Å². The van der Waals surface area contributed by atoms with Gasteiger partial charge in [0.2, 0.25) is 0 Å². The Morgan fingerprint density at radius 2 is 1.83 bits per heavy atom. The van der Waals surface area contributed by atoms with Gasteiger partial charge < -0.3 is 0 Å². The fourth-order valence-electron chi connectivity index (χ4n) is 3.59. The van der Waals surface area contributed by atoms with Crippen molar-refractivity contribution < 1.29 is 8.78 Å². The molecule has 0 N–H and O–H groups in total. The zero-order valence-electron chi connectivity index (χ0n) is 14.4. The van der Waals surface area contributed by atoms with E-state index in [1.165, 1.54) is 63.5 Å². The molecule has 128 valence electrons. The zero-order chi connectivity index (χ0) is 16.5. The zero-order valence-corrected chi connectivity index (χ0v) is 14.4. The molecule has 0 radical (unpaired) electrons. The van der Waals surface area contributed by atoms with Crippen LogP contribution in [-0.4, -0.2) is 0 Å². The highest BCUT2D eigenvalue weighted by Crippen LogP contribution is 2.32. The average Bonchev–Trinajstić information content (AvgIpc) is 2.56. The highest BCUT2D eigenvalue weighted by atomic mass is 19.2. The molecule has 1 aliphatic rings. The molecule has 0 aliphatic heterocycles. The van der Waals surface area contributed by atoms with Crippen molar-refractivity contribution >= 4 is 0 Å². The lowest BCUT2D eigenvalue weighted by molar-refractivity contribution is 0.289. The van der Waals surface area contributed by atoms with Crippen LogP contribution in [0.1, 0.15) is 70.3 Å². The lowest BCUT2D eigenvalue weighted by Gasteiger charge is -2.26. The van der Waals surface area contributed by atoms with Gasteiger partial charge in [-0.1, -0.05) is 50.8 Å². The summed E-state index contributed by atoms with van der Waals surface area (Å²) in [6, 6.07) is 4.20. The van der Waals surface area contributed by atoms with Gasteiger partial charge in [-0.05, 0) is 68.1 Å². The summed E-state index contributed by atoms with van der Waals surface area (Å²) in [4.78, 5) is 0. The number of benzene rings is 1. The topological polar surface area (TPSA) is 0 Å². The van der Waals surface area contributed by atoms with Crippen LogP contribution in [0.15, 0.2) is 30.4 Å². The van der Waals surface area contributed by atoms with E-state index in [1.54, 1.807) is 6.07 Å². The van der Waals surface area contributed by atoms with Crippen LogP contribution in [0.4, 0.5) is 8.78 Å². The second kappa shape index (κ2) is 9.85. The summed E-state index contributed by atoms with van der Waals surface area (Å²) >= 11 is 0. The Kier molecular flexibility index (Phi) is 7.78. The maximum Gasteiger partial charge on any atom is 0.159 e. The lowest BCUT2D eigenvalue weighted by atomic mass is 9.79. The summed E-state index contributed by atoms with van der Waals surface area (Å²) < 4.78 is 26.0. The van der Waals surface area contributed by atoms with E-state index in [0.717, 1.165) is 30.2 Å². The maximum atomic E-state index is 13.1. The number of hydrogen-bond acceptors (Lipinski definition) is 0. The summed E-state index contributed by atoms with van der Waals surface area (Å²) in [5, 5.41) is 0.